The summed E-state index contributed by atoms with van der Waals surface area (Å²) in [5, 5.41) is 2.46. The van der Waals surface area contributed by atoms with E-state index in [0.29, 0.717) is 0 Å². The highest BCUT2D eigenvalue weighted by molar-refractivity contribution is 9.10. The van der Waals surface area contributed by atoms with E-state index in [0.717, 1.165) is 10.3 Å². The largest absolute Gasteiger partial charge is 0.305 e. The molecule has 2 heterocycles. The minimum Gasteiger partial charge on any atom is -0.305 e. The fraction of sp³-hybridized carbons (Fsp3) is 0.0833. The smallest absolute Gasteiger partial charge is 0.146 e. The van der Waals surface area contributed by atoms with Crippen LogP contribution in [0.2, 0.25) is 0 Å². The summed E-state index contributed by atoms with van der Waals surface area (Å²) in [4.78, 5) is 4.46. The Morgan fingerprint density at radius 2 is 1.87 bits per heavy atom. The van der Waals surface area contributed by atoms with Gasteiger partial charge in [0.1, 0.15) is 10.3 Å². The Labute approximate surface area is 95.7 Å². The number of imidazole rings is 1. The Hall–Kier alpha value is -1.35. The number of aryl methyl sites for hydroxylation is 1. The number of aromatic nitrogens is 2. The number of rotatable bonds is 0. The third-order valence-corrected chi connectivity index (χ3v) is 3.01. The van der Waals surface area contributed by atoms with Crippen molar-refractivity contribution in [3.05, 3.63) is 46.8 Å². The van der Waals surface area contributed by atoms with E-state index in [1.807, 2.05) is 12.3 Å². The van der Waals surface area contributed by atoms with Crippen molar-refractivity contribution >= 4 is 32.3 Å². The lowest BCUT2D eigenvalue weighted by Crippen LogP contribution is -1.88. The molecule has 0 radical (unpaired) electrons. The van der Waals surface area contributed by atoms with Crippen LogP contribution in [0.25, 0.3) is 16.4 Å². The minimum absolute atomic E-state index is 0.873. The molecule has 3 rings (SSSR count). The topological polar surface area (TPSA) is 17.3 Å². The number of nitrogens with zero attached hydrogens (tertiary/aromatic N) is 2. The van der Waals surface area contributed by atoms with E-state index in [9.17, 15) is 0 Å². The summed E-state index contributed by atoms with van der Waals surface area (Å²) in [5.74, 6) is 0. The molecule has 0 saturated carbocycles. The first-order valence-corrected chi connectivity index (χ1v) is 5.57. The van der Waals surface area contributed by atoms with Crippen LogP contribution in [0.4, 0.5) is 0 Å². The van der Waals surface area contributed by atoms with Crippen molar-refractivity contribution < 1.29 is 0 Å². The number of benzene rings is 1. The van der Waals surface area contributed by atoms with Crippen molar-refractivity contribution in [1.29, 1.82) is 0 Å². The zero-order valence-electron chi connectivity index (χ0n) is 8.24. The first kappa shape index (κ1) is 8.92. The molecule has 2 aromatic heterocycles. The van der Waals surface area contributed by atoms with Gasteiger partial charge in [-0.25, -0.2) is 4.98 Å². The van der Waals surface area contributed by atoms with Gasteiger partial charge in [-0.2, -0.15) is 0 Å². The normalized spacial score (nSPS) is 11.3. The van der Waals surface area contributed by atoms with Crippen molar-refractivity contribution in [2.24, 2.45) is 0 Å². The van der Waals surface area contributed by atoms with Crippen LogP contribution in [0.1, 0.15) is 5.56 Å². The number of hydrogen-bond acceptors (Lipinski definition) is 1. The Kier molecular flexibility index (Phi) is 1.83. The van der Waals surface area contributed by atoms with Crippen molar-refractivity contribution in [2.75, 3.05) is 0 Å². The van der Waals surface area contributed by atoms with Gasteiger partial charge in [0.25, 0.3) is 0 Å². The van der Waals surface area contributed by atoms with Gasteiger partial charge < -0.3 is 4.40 Å². The first-order valence-electron chi connectivity index (χ1n) is 4.78. The van der Waals surface area contributed by atoms with E-state index in [4.69, 9.17) is 0 Å². The number of halogens is 1. The Morgan fingerprint density at radius 3 is 2.67 bits per heavy atom. The molecule has 0 aliphatic rings. The molecule has 3 aromatic rings. The highest BCUT2D eigenvalue weighted by Crippen LogP contribution is 2.24. The van der Waals surface area contributed by atoms with E-state index < -0.39 is 0 Å². The number of hydrogen-bond donors (Lipinski definition) is 0. The second-order valence-corrected chi connectivity index (χ2v) is 4.46. The summed E-state index contributed by atoms with van der Waals surface area (Å²) < 4.78 is 2.93. The van der Waals surface area contributed by atoms with Crippen LogP contribution in [0.3, 0.4) is 0 Å². The molecule has 0 unspecified atom stereocenters. The van der Waals surface area contributed by atoms with Crippen LogP contribution in [-0.2, 0) is 0 Å². The summed E-state index contributed by atoms with van der Waals surface area (Å²) in [7, 11) is 0. The monoisotopic (exact) mass is 260 g/mol. The second kappa shape index (κ2) is 3.07. The molecule has 0 aliphatic heterocycles. The van der Waals surface area contributed by atoms with Crippen molar-refractivity contribution in [1.82, 2.24) is 9.38 Å². The fourth-order valence-electron chi connectivity index (χ4n) is 1.96. The SMILES string of the molecule is Cc1cn2cc(Br)nc2c2ccccc12. The van der Waals surface area contributed by atoms with Gasteiger partial charge in [-0.3, -0.25) is 0 Å². The van der Waals surface area contributed by atoms with E-state index >= 15 is 0 Å². The van der Waals surface area contributed by atoms with E-state index in [1.54, 1.807) is 0 Å². The maximum atomic E-state index is 4.46. The summed E-state index contributed by atoms with van der Waals surface area (Å²) in [6.07, 6.45) is 4.09. The van der Waals surface area contributed by atoms with Gasteiger partial charge in [0.05, 0.1) is 0 Å². The van der Waals surface area contributed by atoms with Gasteiger partial charge in [-0.05, 0) is 33.8 Å². The summed E-state index contributed by atoms with van der Waals surface area (Å²) in [5.41, 5.74) is 2.27. The summed E-state index contributed by atoms with van der Waals surface area (Å²) >= 11 is 3.40. The van der Waals surface area contributed by atoms with Gasteiger partial charge >= 0.3 is 0 Å². The third kappa shape index (κ3) is 1.27. The van der Waals surface area contributed by atoms with Crippen LogP contribution in [-0.4, -0.2) is 9.38 Å². The first-order chi connectivity index (χ1) is 7.25. The van der Waals surface area contributed by atoms with Gasteiger partial charge in [0, 0.05) is 17.8 Å². The third-order valence-electron chi connectivity index (χ3n) is 2.63. The second-order valence-electron chi connectivity index (χ2n) is 3.65. The number of pyridine rings is 1. The van der Waals surface area contributed by atoms with Gasteiger partial charge in [0.15, 0.2) is 0 Å². The molecule has 3 heteroatoms. The van der Waals surface area contributed by atoms with Gasteiger partial charge in [0.2, 0.25) is 0 Å². The number of fused-ring (bicyclic) bond motifs is 3. The predicted molar refractivity (Wildman–Crippen MR) is 65.1 cm³/mol. The molecule has 0 amide bonds. The van der Waals surface area contributed by atoms with Gasteiger partial charge in [-0.15, -0.1) is 0 Å². The average molecular weight is 261 g/mol. The van der Waals surface area contributed by atoms with Crippen LogP contribution in [0.5, 0.6) is 0 Å². The van der Waals surface area contributed by atoms with Gasteiger partial charge in [-0.1, -0.05) is 24.3 Å². The quantitative estimate of drug-likeness (QED) is 0.604. The van der Waals surface area contributed by atoms with Crippen LogP contribution in [0.15, 0.2) is 41.3 Å². The Balaban J connectivity index is 2.62. The summed E-state index contributed by atoms with van der Waals surface area (Å²) in [6.45, 7) is 2.12. The predicted octanol–water partition coefficient (Wildman–Crippen LogP) is 3.56. The molecule has 0 atom stereocenters. The molecule has 1 aromatic carbocycles. The van der Waals surface area contributed by atoms with Crippen molar-refractivity contribution in [3.8, 4) is 0 Å². The standard InChI is InChI=1S/C12H9BrN2/c1-8-6-15-7-11(13)14-12(15)10-5-3-2-4-9(8)10/h2-7H,1H3. The highest BCUT2D eigenvalue weighted by Gasteiger charge is 2.05. The average Bonchev–Trinajstić information content (AvgIpc) is 2.59. The van der Waals surface area contributed by atoms with Crippen LogP contribution >= 0.6 is 15.9 Å². The molecule has 0 spiro atoms. The molecular weight excluding hydrogens is 252 g/mol. The molecule has 2 nitrogen and oxygen atoms in total. The molecule has 0 bridgehead atoms. The van der Waals surface area contributed by atoms with Crippen LogP contribution in [0, 0.1) is 6.92 Å². The molecule has 0 fully saturated rings. The van der Waals surface area contributed by atoms with E-state index in [1.165, 1.54) is 16.3 Å². The zero-order valence-corrected chi connectivity index (χ0v) is 9.82. The van der Waals surface area contributed by atoms with Crippen molar-refractivity contribution in [3.63, 3.8) is 0 Å². The van der Waals surface area contributed by atoms with Crippen LogP contribution < -0.4 is 0 Å². The molecule has 0 N–H and O–H groups in total. The zero-order chi connectivity index (χ0) is 10.4. The molecule has 0 aliphatic carbocycles. The molecule has 74 valence electrons. The Bertz CT molecular complexity index is 655. The maximum absolute atomic E-state index is 4.46. The fourth-order valence-corrected chi connectivity index (χ4v) is 2.35. The molecule has 0 saturated heterocycles. The maximum Gasteiger partial charge on any atom is 0.146 e. The minimum atomic E-state index is 0.873. The van der Waals surface area contributed by atoms with E-state index in [-0.39, 0.29) is 0 Å². The lowest BCUT2D eigenvalue weighted by Gasteiger charge is -2.03. The highest BCUT2D eigenvalue weighted by atomic mass is 79.9. The van der Waals surface area contributed by atoms with E-state index in [2.05, 4.69) is 56.6 Å². The summed E-state index contributed by atoms with van der Waals surface area (Å²) in [6, 6.07) is 8.35. The Morgan fingerprint density at radius 1 is 1.13 bits per heavy atom. The molecule has 15 heavy (non-hydrogen) atoms. The van der Waals surface area contributed by atoms with Crippen molar-refractivity contribution in [2.45, 2.75) is 6.92 Å². The lowest BCUT2D eigenvalue weighted by atomic mass is 10.1. The molecular formula is C12H9BrN2. The lowest BCUT2D eigenvalue weighted by molar-refractivity contribution is 1.18.